The van der Waals surface area contributed by atoms with E-state index in [1.54, 1.807) is 0 Å². The zero-order valence-corrected chi connectivity index (χ0v) is 17.1. The van der Waals surface area contributed by atoms with E-state index in [-0.39, 0.29) is 17.9 Å². The van der Waals surface area contributed by atoms with Gasteiger partial charge in [0.05, 0.1) is 12.5 Å². The van der Waals surface area contributed by atoms with Gasteiger partial charge in [0.2, 0.25) is 11.8 Å². The van der Waals surface area contributed by atoms with Crippen LogP contribution in [-0.2, 0) is 9.59 Å². The van der Waals surface area contributed by atoms with E-state index in [4.69, 9.17) is 0 Å². The molecule has 2 fully saturated rings. The minimum absolute atomic E-state index is 0.0417. The number of carbonyl (C=O) groups is 2. The Hall–Kier alpha value is -3.12. The fourth-order valence-corrected chi connectivity index (χ4v) is 4.84. The number of aromatic amines is 1. The fraction of sp³-hybridized carbons (Fsp3) is 0.333. The highest BCUT2D eigenvalue weighted by Gasteiger charge is 2.55. The van der Waals surface area contributed by atoms with Crippen LogP contribution >= 0.6 is 0 Å². The van der Waals surface area contributed by atoms with Crippen LogP contribution in [0.4, 0.5) is 5.69 Å². The largest absolute Gasteiger partial charge is 0.361 e. The van der Waals surface area contributed by atoms with E-state index >= 15 is 0 Å². The molecule has 2 aliphatic heterocycles. The molecule has 2 N–H and O–H groups in total. The second kappa shape index (κ2) is 7.29. The molecule has 0 bridgehead atoms. The van der Waals surface area contributed by atoms with Crippen molar-refractivity contribution in [2.75, 3.05) is 25.5 Å². The van der Waals surface area contributed by atoms with Crippen molar-refractivity contribution in [2.45, 2.75) is 30.8 Å². The molecule has 1 atom stereocenters. The molecule has 30 heavy (non-hydrogen) atoms. The van der Waals surface area contributed by atoms with Crippen molar-refractivity contribution < 1.29 is 9.59 Å². The number of nitrogens with one attached hydrogen (secondary N) is 2. The number of hydrogen-bond acceptors (Lipinski definition) is 3. The number of β-lactam (4-membered cyclic amide) rings is 1. The highest BCUT2D eigenvalue weighted by atomic mass is 16.2. The highest BCUT2D eigenvalue weighted by Crippen LogP contribution is 2.45. The lowest BCUT2D eigenvalue weighted by Gasteiger charge is -2.54. The molecule has 6 heteroatoms. The quantitative estimate of drug-likeness (QED) is 0.656. The topological polar surface area (TPSA) is 68.4 Å². The number of hydrogen-bond donors (Lipinski definition) is 2. The number of benzene rings is 2. The monoisotopic (exact) mass is 402 g/mol. The lowest BCUT2D eigenvalue weighted by atomic mass is 9.78. The van der Waals surface area contributed by atoms with Crippen LogP contribution in [0.1, 0.15) is 30.9 Å². The van der Waals surface area contributed by atoms with E-state index in [2.05, 4.69) is 22.2 Å². The van der Waals surface area contributed by atoms with Crippen molar-refractivity contribution in [3.8, 4) is 0 Å². The third-order valence-corrected chi connectivity index (χ3v) is 6.64. The Kier molecular flexibility index (Phi) is 4.59. The molecule has 1 unspecified atom stereocenters. The summed E-state index contributed by atoms with van der Waals surface area (Å²) in [5, 5.41) is 4.17. The van der Waals surface area contributed by atoms with Crippen molar-refractivity contribution >= 4 is 28.4 Å². The summed E-state index contributed by atoms with van der Waals surface area (Å²) in [5.74, 6) is -0.0240. The van der Waals surface area contributed by atoms with E-state index in [1.165, 1.54) is 0 Å². The number of piperidine rings is 1. The van der Waals surface area contributed by atoms with Gasteiger partial charge in [-0.15, -0.1) is 0 Å². The summed E-state index contributed by atoms with van der Waals surface area (Å²) in [4.78, 5) is 33.8. The van der Waals surface area contributed by atoms with E-state index in [0.29, 0.717) is 19.3 Å². The maximum Gasteiger partial charge on any atom is 0.250 e. The number of likely N-dealkylation sites (tertiary alicyclic amines) is 2. The summed E-state index contributed by atoms with van der Waals surface area (Å²) in [5.41, 5.74) is 2.06. The predicted molar refractivity (Wildman–Crippen MR) is 117 cm³/mol. The van der Waals surface area contributed by atoms with Gasteiger partial charge >= 0.3 is 0 Å². The highest BCUT2D eigenvalue weighted by molar-refractivity contribution is 6.03. The second-order valence-corrected chi connectivity index (χ2v) is 8.46. The van der Waals surface area contributed by atoms with E-state index in [0.717, 1.165) is 35.2 Å². The van der Waals surface area contributed by atoms with Gasteiger partial charge in [0.1, 0.15) is 5.54 Å². The molecule has 154 valence electrons. The molecular weight excluding hydrogens is 376 g/mol. The first-order valence-electron chi connectivity index (χ1n) is 10.5. The van der Waals surface area contributed by atoms with Crippen LogP contribution in [0.2, 0.25) is 0 Å². The number of carbonyl (C=O) groups excluding carboxylic acids is 2. The van der Waals surface area contributed by atoms with Gasteiger partial charge in [-0.1, -0.05) is 30.3 Å². The summed E-state index contributed by atoms with van der Waals surface area (Å²) >= 11 is 0. The van der Waals surface area contributed by atoms with Crippen LogP contribution in [0, 0.1) is 0 Å². The van der Waals surface area contributed by atoms with Crippen LogP contribution in [-0.4, -0.2) is 52.3 Å². The molecule has 2 aliphatic rings. The lowest BCUT2D eigenvalue weighted by molar-refractivity contribution is -0.167. The van der Waals surface area contributed by atoms with Gasteiger partial charge in [-0.3, -0.25) is 9.59 Å². The van der Waals surface area contributed by atoms with Crippen molar-refractivity contribution in [3.05, 3.63) is 66.4 Å². The third kappa shape index (κ3) is 3.08. The molecule has 0 radical (unpaired) electrons. The van der Waals surface area contributed by atoms with Crippen LogP contribution < -0.4 is 5.32 Å². The van der Waals surface area contributed by atoms with Crippen LogP contribution in [0.5, 0.6) is 0 Å². The first-order valence-corrected chi connectivity index (χ1v) is 10.5. The summed E-state index contributed by atoms with van der Waals surface area (Å²) < 4.78 is 0. The molecule has 6 nitrogen and oxygen atoms in total. The molecule has 0 aliphatic carbocycles. The van der Waals surface area contributed by atoms with Gasteiger partial charge < -0.3 is 20.1 Å². The first kappa shape index (κ1) is 18.9. The first-order chi connectivity index (χ1) is 14.6. The molecule has 1 aromatic heterocycles. The second-order valence-electron chi connectivity index (χ2n) is 8.46. The Labute approximate surface area is 175 Å². The number of nitrogens with zero attached hydrogens (tertiary/aromatic N) is 2. The molecule has 0 spiro atoms. The Bertz CT molecular complexity index is 1080. The number of fused-ring (bicyclic) bond motifs is 1. The minimum Gasteiger partial charge on any atom is -0.361 e. The molecule has 2 amide bonds. The molecule has 2 saturated heterocycles. The van der Waals surface area contributed by atoms with Crippen molar-refractivity contribution in [1.29, 1.82) is 0 Å². The van der Waals surface area contributed by atoms with Gasteiger partial charge in [-0.2, -0.15) is 0 Å². The molecule has 3 heterocycles. The number of aromatic nitrogens is 1. The number of rotatable bonds is 4. The number of amides is 2. The van der Waals surface area contributed by atoms with Gasteiger partial charge in [0.25, 0.3) is 0 Å². The molecule has 5 rings (SSSR count). The number of H-pyrrole nitrogens is 1. The summed E-state index contributed by atoms with van der Waals surface area (Å²) in [6, 6.07) is 17.8. The normalized spacial score (nSPS) is 21.4. The lowest BCUT2D eigenvalue weighted by Crippen LogP contribution is -2.68. The summed E-state index contributed by atoms with van der Waals surface area (Å²) in [6.07, 6.45) is 3.62. The average molecular weight is 402 g/mol. The van der Waals surface area contributed by atoms with Gasteiger partial charge in [0.15, 0.2) is 0 Å². The Morgan fingerprint density at radius 2 is 1.87 bits per heavy atom. The van der Waals surface area contributed by atoms with E-state index in [9.17, 15) is 9.59 Å². The van der Waals surface area contributed by atoms with Gasteiger partial charge in [0, 0.05) is 35.9 Å². The smallest absolute Gasteiger partial charge is 0.250 e. The van der Waals surface area contributed by atoms with Gasteiger partial charge in [-0.25, -0.2) is 0 Å². The van der Waals surface area contributed by atoms with Crippen LogP contribution in [0.15, 0.2) is 60.8 Å². The van der Waals surface area contributed by atoms with Gasteiger partial charge in [-0.05, 0) is 49.7 Å². The Balaban J connectivity index is 1.47. The molecular formula is C24H26N4O2. The SMILES string of the molecule is CN1CCC(C(=O)Nc2ccc3[nH]ccc3c2)(N2C(=O)CC2c2ccccc2)CC1. The van der Waals surface area contributed by atoms with E-state index in [1.807, 2.05) is 65.7 Å². The predicted octanol–water partition coefficient (Wildman–Crippen LogP) is 3.54. The van der Waals surface area contributed by atoms with Crippen LogP contribution in [0.25, 0.3) is 10.9 Å². The minimum atomic E-state index is -0.824. The Morgan fingerprint density at radius 3 is 2.60 bits per heavy atom. The summed E-state index contributed by atoms with van der Waals surface area (Å²) in [6.45, 7) is 1.57. The third-order valence-electron chi connectivity index (χ3n) is 6.64. The van der Waals surface area contributed by atoms with Crippen LogP contribution in [0.3, 0.4) is 0 Å². The van der Waals surface area contributed by atoms with Crippen molar-refractivity contribution in [3.63, 3.8) is 0 Å². The Morgan fingerprint density at radius 1 is 1.10 bits per heavy atom. The molecule has 0 saturated carbocycles. The zero-order valence-electron chi connectivity index (χ0n) is 17.1. The molecule has 3 aromatic rings. The fourth-order valence-electron chi connectivity index (χ4n) is 4.84. The summed E-state index contributed by atoms with van der Waals surface area (Å²) in [7, 11) is 2.06. The average Bonchev–Trinajstić information content (AvgIpc) is 3.22. The number of anilines is 1. The standard InChI is InChI=1S/C24H26N4O2/c1-27-13-10-24(11-14-27,28-21(16-22(28)29)17-5-3-2-4-6-17)23(30)26-19-7-8-20-18(15-19)9-12-25-20/h2-9,12,15,21,25H,10-11,13-14,16H2,1H3,(H,26,30). The zero-order chi connectivity index (χ0) is 20.7. The van der Waals surface area contributed by atoms with Crippen molar-refractivity contribution in [2.24, 2.45) is 0 Å². The van der Waals surface area contributed by atoms with Crippen molar-refractivity contribution in [1.82, 2.24) is 14.8 Å². The molecule has 2 aromatic carbocycles. The maximum atomic E-state index is 13.7. The maximum absolute atomic E-state index is 13.7. The van der Waals surface area contributed by atoms with E-state index < -0.39 is 5.54 Å².